The van der Waals surface area contributed by atoms with Gasteiger partial charge in [0.1, 0.15) is 0 Å². The van der Waals surface area contributed by atoms with Gasteiger partial charge in [-0.05, 0) is 20.3 Å². The first-order chi connectivity index (χ1) is 6.79. The number of amides is 1. The summed E-state index contributed by atoms with van der Waals surface area (Å²) in [5.41, 5.74) is 5.58. The number of hydrogen-bond donors (Lipinski definition) is 2. The molecule has 0 aromatic carbocycles. The first-order valence-electron chi connectivity index (χ1n) is 4.82. The van der Waals surface area contributed by atoms with Crippen LogP contribution in [-0.4, -0.2) is 34.0 Å². The fourth-order valence-electron chi connectivity index (χ4n) is 1.30. The van der Waals surface area contributed by atoms with Crippen LogP contribution in [0, 0.1) is 0 Å². The van der Waals surface area contributed by atoms with Gasteiger partial charge in [0, 0.05) is 18.3 Å². The van der Waals surface area contributed by atoms with E-state index >= 15 is 0 Å². The zero-order chi connectivity index (χ0) is 11.6. The van der Waals surface area contributed by atoms with E-state index in [0.717, 1.165) is 0 Å². The zero-order valence-electron chi connectivity index (χ0n) is 8.99. The highest BCUT2D eigenvalue weighted by atomic mass is 16.4. The summed E-state index contributed by atoms with van der Waals surface area (Å²) < 4.78 is 0. The first-order valence-corrected chi connectivity index (χ1v) is 4.82. The summed E-state index contributed by atoms with van der Waals surface area (Å²) >= 11 is 0. The molecule has 0 aromatic heterocycles. The summed E-state index contributed by atoms with van der Waals surface area (Å²) in [5, 5.41) is 8.71. The van der Waals surface area contributed by atoms with Gasteiger partial charge in [-0.15, -0.1) is 0 Å². The maximum atomic E-state index is 11.4. The summed E-state index contributed by atoms with van der Waals surface area (Å²) in [4.78, 5) is 23.4. The second-order valence-electron chi connectivity index (χ2n) is 4.46. The van der Waals surface area contributed by atoms with Crippen LogP contribution in [0.5, 0.6) is 0 Å². The van der Waals surface area contributed by atoms with Gasteiger partial charge in [0.25, 0.3) is 0 Å². The fraction of sp³-hybridized carbons (Fsp3) is 0.600. The summed E-state index contributed by atoms with van der Waals surface area (Å²) in [6.45, 7) is 4.21. The van der Waals surface area contributed by atoms with Crippen molar-refractivity contribution in [3.05, 3.63) is 11.8 Å². The van der Waals surface area contributed by atoms with Crippen LogP contribution < -0.4 is 5.73 Å². The first kappa shape index (κ1) is 11.7. The quantitative estimate of drug-likeness (QED) is 0.702. The molecule has 1 rings (SSSR count). The largest absolute Gasteiger partial charge is 0.478 e. The van der Waals surface area contributed by atoms with Gasteiger partial charge in [-0.2, -0.15) is 0 Å². The molecule has 5 heteroatoms. The molecule has 1 aliphatic rings. The molecule has 1 aliphatic heterocycles. The minimum atomic E-state index is -1.03. The summed E-state index contributed by atoms with van der Waals surface area (Å²) in [7, 11) is 0. The topological polar surface area (TPSA) is 83.6 Å². The number of carboxylic acid groups (broad SMARTS) is 1. The van der Waals surface area contributed by atoms with Crippen LogP contribution in [0.2, 0.25) is 0 Å². The third kappa shape index (κ3) is 3.36. The Hall–Kier alpha value is -1.36. The highest BCUT2D eigenvalue weighted by molar-refractivity contribution is 5.97. The second kappa shape index (κ2) is 4.02. The highest BCUT2D eigenvalue weighted by Crippen LogP contribution is 2.17. The average molecular weight is 212 g/mol. The van der Waals surface area contributed by atoms with Crippen LogP contribution >= 0.6 is 0 Å². The Morgan fingerprint density at radius 1 is 1.67 bits per heavy atom. The molecule has 0 saturated carbocycles. The SMILES string of the molecule is CC(C)(N)CCN1C=C(C(=O)O)CC1=O. The predicted molar refractivity (Wildman–Crippen MR) is 54.9 cm³/mol. The molecular formula is C10H16N2O3. The summed E-state index contributed by atoms with van der Waals surface area (Å²) in [6, 6.07) is 0. The predicted octanol–water partition coefficient (Wildman–Crippen LogP) is 0.315. The Balaban J connectivity index is 2.57. The van der Waals surface area contributed by atoms with Crippen LogP contribution in [0.4, 0.5) is 0 Å². The molecule has 1 heterocycles. The Labute approximate surface area is 88.5 Å². The lowest BCUT2D eigenvalue weighted by Gasteiger charge is -2.21. The Kier molecular flexibility index (Phi) is 3.14. The van der Waals surface area contributed by atoms with Crippen molar-refractivity contribution in [3.63, 3.8) is 0 Å². The van der Waals surface area contributed by atoms with E-state index < -0.39 is 5.97 Å². The van der Waals surface area contributed by atoms with Gasteiger partial charge in [0.2, 0.25) is 5.91 Å². The zero-order valence-corrected chi connectivity index (χ0v) is 8.99. The molecule has 15 heavy (non-hydrogen) atoms. The molecule has 0 unspecified atom stereocenters. The van der Waals surface area contributed by atoms with Gasteiger partial charge in [-0.25, -0.2) is 4.79 Å². The maximum absolute atomic E-state index is 11.4. The van der Waals surface area contributed by atoms with E-state index in [-0.39, 0.29) is 23.4 Å². The minimum Gasteiger partial charge on any atom is -0.478 e. The molecule has 3 N–H and O–H groups in total. The third-order valence-electron chi connectivity index (χ3n) is 2.25. The van der Waals surface area contributed by atoms with Gasteiger partial charge in [-0.3, -0.25) is 4.79 Å². The van der Waals surface area contributed by atoms with E-state index in [9.17, 15) is 9.59 Å². The Morgan fingerprint density at radius 2 is 2.27 bits per heavy atom. The normalized spacial score (nSPS) is 16.9. The smallest absolute Gasteiger partial charge is 0.333 e. The number of rotatable bonds is 4. The van der Waals surface area contributed by atoms with Crippen molar-refractivity contribution in [3.8, 4) is 0 Å². The van der Waals surface area contributed by atoms with Gasteiger partial charge >= 0.3 is 5.97 Å². The molecule has 0 bridgehead atoms. The van der Waals surface area contributed by atoms with Crippen molar-refractivity contribution in [2.45, 2.75) is 32.2 Å². The molecule has 0 radical (unpaired) electrons. The number of carboxylic acids is 1. The van der Waals surface area contributed by atoms with E-state index in [1.807, 2.05) is 13.8 Å². The van der Waals surface area contributed by atoms with E-state index in [0.29, 0.717) is 13.0 Å². The summed E-state index contributed by atoms with van der Waals surface area (Å²) in [5.74, 6) is -1.20. The van der Waals surface area contributed by atoms with E-state index in [1.54, 1.807) is 0 Å². The monoisotopic (exact) mass is 212 g/mol. The summed E-state index contributed by atoms with van der Waals surface area (Å²) in [6.07, 6.45) is 2.03. The number of carbonyl (C=O) groups excluding carboxylic acids is 1. The Bertz CT molecular complexity index is 315. The second-order valence-corrected chi connectivity index (χ2v) is 4.46. The van der Waals surface area contributed by atoms with Crippen LogP contribution in [0.15, 0.2) is 11.8 Å². The molecule has 0 atom stereocenters. The number of carbonyl (C=O) groups is 2. The van der Waals surface area contributed by atoms with Crippen LogP contribution in [-0.2, 0) is 9.59 Å². The maximum Gasteiger partial charge on any atom is 0.333 e. The minimum absolute atomic E-state index is 0.0136. The van der Waals surface area contributed by atoms with E-state index in [1.165, 1.54) is 11.1 Å². The average Bonchev–Trinajstić information content (AvgIpc) is 2.42. The van der Waals surface area contributed by atoms with Crippen molar-refractivity contribution >= 4 is 11.9 Å². The molecule has 0 aromatic rings. The lowest BCUT2D eigenvalue weighted by Crippen LogP contribution is -2.36. The number of aliphatic carboxylic acids is 1. The lowest BCUT2D eigenvalue weighted by molar-refractivity contribution is -0.134. The van der Waals surface area contributed by atoms with Gasteiger partial charge in [0.15, 0.2) is 0 Å². The van der Waals surface area contributed by atoms with Gasteiger partial charge < -0.3 is 15.7 Å². The van der Waals surface area contributed by atoms with E-state index in [2.05, 4.69) is 0 Å². The molecular weight excluding hydrogens is 196 g/mol. The van der Waals surface area contributed by atoms with E-state index in [4.69, 9.17) is 10.8 Å². The van der Waals surface area contributed by atoms with Crippen LogP contribution in [0.25, 0.3) is 0 Å². The third-order valence-corrected chi connectivity index (χ3v) is 2.25. The van der Waals surface area contributed by atoms with Crippen molar-refractivity contribution < 1.29 is 14.7 Å². The highest BCUT2D eigenvalue weighted by Gasteiger charge is 2.26. The van der Waals surface area contributed by atoms with Crippen LogP contribution in [0.1, 0.15) is 26.7 Å². The molecule has 0 spiro atoms. The fourth-order valence-corrected chi connectivity index (χ4v) is 1.30. The number of nitrogens with two attached hydrogens (primary N) is 1. The molecule has 0 aliphatic carbocycles. The molecule has 0 saturated heterocycles. The number of nitrogens with zero attached hydrogens (tertiary/aromatic N) is 1. The lowest BCUT2D eigenvalue weighted by atomic mass is 10.0. The molecule has 5 nitrogen and oxygen atoms in total. The number of hydrogen-bond acceptors (Lipinski definition) is 3. The molecule has 1 amide bonds. The molecule has 84 valence electrons. The van der Waals surface area contributed by atoms with Crippen molar-refractivity contribution in [2.75, 3.05) is 6.54 Å². The Morgan fingerprint density at radius 3 is 2.67 bits per heavy atom. The standard InChI is InChI=1S/C10H16N2O3/c1-10(2,11)3-4-12-6-7(9(14)15)5-8(12)13/h6H,3-5,11H2,1-2H3,(H,14,15). The van der Waals surface area contributed by atoms with Crippen molar-refractivity contribution in [1.82, 2.24) is 4.90 Å². The van der Waals surface area contributed by atoms with Crippen molar-refractivity contribution in [1.29, 1.82) is 0 Å². The van der Waals surface area contributed by atoms with Crippen molar-refractivity contribution in [2.24, 2.45) is 5.73 Å². The van der Waals surface area contributed by atoms with Gasteiger partial charge in [-0.1, -0.05) is 0 Å². The van der Waals surface area contributed by atoms with Crippen LogP contribution in [0.3, 0.4) is 0 Å². The van der Waals surface area contributed by atoms with Gasteiger partial charge in [0.05, 0.1) is 12.0 Å². The molecule has 0 fully saturated rings.